The first-order chi connectivity index (χ1) is 11.3. The molecule has 0 aliphatic rings. The fourth-order valence-electron chi connectivity index (χ4n) is 2.84. The van der Waals surface area contributed by atoms with Crippen molar-refractivity contribution in [3.63, 3.8) is 0 Å². The van der Waals surface area contributed by atoms with Gasteiger partial charge < -0.3 is 10.3 Å². The number of H-pyrrole nitrogens is 1. The molecule has 0 radical (unpaired) electrons. The van der Waals surface area contributed by atoms with Crippen LogP contribution in [0.15, 0.2) is 42.6 Å². The van der Waals surface area contributed by atoms with Crippen LogP contribution in [0.25, 0.3) is 10.9 Å². The summed E-state index contributed by atoms with van der Waals surface area (Å²) >= 11 is 0. The number of aryl methyl sites for hydroxylation is 2. The van der Waals surface area contributed by atoms with E-state index in [4.69, 9.17) is 0 Å². The van der Waals surface area contributed by atoms with Crippen molar-refractivity contribution in [1.82, 2.24) is 4.98 Å². The van der Waals surface area contributed by atoms with Crippen LogP contribution < -0.4 is 5.32 Å². The monoisotopic (exact) mass is 324 g/mol. The van der Waals surface area contributed by atoms with Crippen LogP contribution in [0.5, 0.6) is 0 Å². The molecule has 1 amide bonds. The lowest BCUT2D eigenvalue weighted by molar-refractivity contribution is -0.120. The summed E-state index contributed by atoms with van der Waals surface area (Å²) in [7, 11) is 0. The van der Waals surface area contributed by atoms with Crippen LogP contribution in [0.3, 0.4) is 0 Å². The molecule has 124 valence electrons. The van der Waals surface area contributed by atoms with Crippen LogP contribution in [-0.2, 0) is 10.2 Å². The predicted octanol–water partition coefficient (Wildman–Crippen LogP) is 4.84. The summed E-state index contributed by atoms with van der Waals surface area (Å²) in [5.41, 5.74) is 3.88. The SMILES string of the molecule is Cc1ccc(NC(=O)C(C)(C)c2c[nH]c3cc(F)ccc23)cc1C. The van der Waals surface area contributed by atoms with E-state index in [1.807, 2.05) is 45.9 Å². The molecular weight excluding hydrogens is 303 g/mol. The molecule has 4 heteroatoms. The summed E-state index contributed by atoms with van der Waals surface area (Å²) < 4.78 is 13.4. The zero-order valence-electron chi connectivity index (χ0n) is 14.3. The van der Waals surface area contributed by atoms with Gasteiger partial charge in [-0.15, -0.1) is 0 Å². The summed E-state index contributed by atoms with van der Waals surface area (Å²) in [6.45, 7) is 7.80. The first-order valence-corrected chi connectivity index (χ1v) is 7.95. The van der Waals surface area contributed by atoms with Crippen LogP contribution in [-0.4, -0.2) is 10.9 Å². The number of fused-ring (bicyclic) bond motifs is 1. The minimum atomic E-state index is -0.755. The number of carbonyl (C=O) groups is 1. The minimum absolute atomic E-state index is 0.101. The molecule has 0 aliphatic heterocycles. The molecular formula is C20H21FN2O. The van der Waals surface area contributed by atoms with Gasteiger partial charge in [0.15, 0.2) is 0 Å². The molecule has 0 unspecified atom stereocenters. The van der Waals surface area contributed by atoms with E-state index in [-0.39, 0.29) is 11.7 Å². The Bertz CT molecular complexity index is 925. The van der Waals surface area contributed by atoms with Crippen molar-refractivity contribution >= 4 is 22.5 Å². The molecule has 0 saturated heterocycles. The smallest absolute Gasteiger partial charge is 0.234 e. The molecule has 2 aromatic carbocycles. The molecule has 0 bridgehead atoms. The van der Waals surface area contributed by atoms with Crippen LogP contribution in [0.2, 0.25) is 0 Å². The molecule has 0 spiro atoms. The van der Waals surface area contributed by atoms with Gasteiger partial charge in [-0.1, -0.05) is 6.07 Å². The Hall–Kier alpha value is -2.62. The molecule has 0 fully saturated rings. The maximum absolute atomic E-state index is 13.4. The lowest BCUT2D eigenvalue weighted by atomic mass is 9.83. The van der Waals surface area contributed by atoms with E-state index in [1.165, 1.54) is 17.7 Å². The molecule has 0 saturated carbocycles. The number of benzene rings is 2. The Labute approximate surface area is 140 Å². The van der Waals surface area contributed by atoms with Gasteiger partial charge in [-0.2, -0.15) is 0 Å². The molecule has 1 heterocycles. The maximum atomic E-state index is 13.4. The van der Waals surface area contributed by atoms with E-state index in [1.54, 1.807) is 12.3 Å². The van der Waals surface area contributed by atoms with Crippen molar-refractivity contribution in [2.45, 2.75) is 33.1 Å². The third-order valence-corrected chi connectivity index (χ3v) is 4.65. The van der Waals surface area contributed by atoms with Crippen LogP contribution >= 0.6 is 0 Å². The minimum Gasteiger partial charge on any atom is -0.361 e. The number of hydrogen-bond acceptors (Lipinski definition) is 1. The van der Waals surface area contributed by atoms with Crippen LogP contribution in [0.4, 0.5) is 10.1 Å². The zero-order valence-corrected chi connectivity index (χ0v) is 14.3. The van der Waals surface area contributed by atoms with E-state index in [0.717, 1.165) is 22.2 Å². The van der Waals surface area contributed by atoms with Crippen molar-refractivity contribution in [3.8, 4) is 0 Å². The third kappa shape index (κ3) is 2.80. The van der Waals surface area contributed by atoms with Gasteiger partial charge in [0.2, 0.25) is 5.91 Å². The van der Waals surface area contributed by atoms with Gasteiger partial charge >= 0.3 is 0 Å². The molecule has 0 aliphatic carbocycles. The molecule has 0 atom stereocenters. The van der Waals surface area contributed by atoms with E-state index in [9.17, 15) is 9.18 Å². The summed E-state index contributed by atoms with van der Waals surface area (Å²) in [5, 5.41) is 3.85. The van der Waals surface area contributed by atoms with Crippen molar-refractivity contribution in [2.75, 3.05) is 5.32 Å². The second kappa shape index (κ2) is 5.78. The summed E-state index contributed by atoms with van der Waals surface area (Å²) in [6, 6.07) is 10.4. The second-order valence-electron chi connectivity index (χ2n) is 6.77. The topological polar surface area (TPSA) is 44.9 Å². The highest BCUT2D eigenvalue weighted by molar-refractivity contribution is 6.01. The average Bonchev–Trinajstić information content (AvgIpc) is 2.94. The Balaban J connectivity index is 1.93. The summed E-state index contributed by atoms with van der Waals surface area (Å²) in [4.78, 5) is 15.9. The van der Waals surface area contributed by atoms with Crippen molar-refractivity contribution in [1.29, 1.82) is 0 Å². The van der Waals surface area contributed by atoms with Gasteiger partial charge in [0.05, 0.1) is 5.41 Å². The van der Waals surface area contributed by atoms with Gasteiger partial charge in [0.1, 0.15) is 5.82 Å². The van der Waals surface area contributed by atoms with Gasteiger partial charge in [0, 0.05) is 22.8 Å². The van der Waals surface area contributed by atoms with Gasteiger partial charge in [-0.05, 0) is 74.7 Å². The standard InChI is InChI=1S/C20H21FN2O/c1-12-5-7-15(9-13(12)2)23-19(24)20(3,4)17-11-22-18-10-14(21)6-8-16(17)18/h5-11,22H,1-4H3,(H,23,24). The van der Waals surface area contributed by atoms with E-state index < -0.39 is 5.41 Å². The fraction of sp³-hybridized carbons (Fsp3) is 0.250. The Morgan fingerprint density at radius 3 is 2.54 bits per heavy atom. The van der Waals surface area contributed by atoms with E-state index in [0.29, 0.717) is 5.52 Å². The molecule has 24 heavy (non-hydrogen) atoms. The lowest BCUT2D eigenvalue weighted by Gasteiger charge is -2.23. The van der Waals surface area contributed by atoms with Crippen molar-refractivity contribution in [2.24, 2.45) is 0 Å². The highest BCUT2D eigenvalue weighted by Crippen LogP contribution is 2.32. The predicted molar refractivity (Wildman–Crippen MR) is 95.8 cm³/mol. The van der Waals surface area contributed by atoms with Crippen LogP contribution in [0, 0.1) is 19.7 Å². The number of rotatable bonds is 3. The summed E-state index contributed by atoms with van der Waals surface area (Å²) in [5.74, 6) is -0.399. The number of halogens is 1. The number of aromatic amines is 1. The van der Waals surface area contributed by atoms with Crippen molar-refractivity contribution < 1.29 is 9.18 Å². The number of anilines is 1. The largest absolute Gasteiger partial charge is 0.361 e. The maximum Gasteiger partial charge on any atom is 0.234 e. The Kier molecular flexibility index (Phi) is 3.91. The van der Waals surface area contributed by atoms with Crippen molar-refractivity contribution in [3.05, 3.63) is 65.1 Å². The first-order valence-electron chi connectivity index (χ1n) is 7.95. The number of nitrogens with one attached hydrogen (secondary N) is 2. The van der Waals surface area contributed by atoms with Gasteiger partial charge in [-0.3, -0.25) is 4.79 Å². The van der Waals surface area contributed by atoms with Gasteiger partial charge in [0.25, 0.3) is 0 Å². The number of aromatic nitrogens is 1. The molecule has 3 rings (SSSR count). The Morgan fingerprint density at radius 2 is 1.83 bits per heavy atom. The van der Waals surface area contributed by atoms with E-state index >= 15 is 0 Å². The zero-order chi connectivity index (χ0) is 17.5. The normalized spacial score (nSPS) is 11.7. The van der Waals surface area contributed by atoms with Crippen LogP contribution in [0.1, 0.15) is 30.5 Å². The average molecular weight is 324 g/mol. The van der Waals surface area contributed by atoms with Gasteiger partial charge in [-0.25, -0.2) is 4.39 Å². The summed E-state index contributed by atoms with van der Waals surface area (Å²) in [6.07, 6.45) is 1.78. The fourth-order valence-corrected chi connectivity index (χ4v) is 2.84. The van der Waals surface area contributed by atoms with E-state index in [2.05, 4.69) is 10.3 Å². The highest BCUT2D eigenvalue weighted by Gasteiger charge is 2.32. The molecule has 2 N–H and O–H groups in total. The number of hydrogen-bond donors (Lipinski definition) is 2. The number of amides is 1. The lowest BCUT2D eigenvalue weighted by Crippen LogP contribution is -2.34. The third-order valence-electron chi connectivity index (χ3n) is 4.65. The molecule has 3 aromatic rings. The quantitative estimate of drug-likeness (QED) is 0.711. The second-order valence-corrected chi connectivity index (χ2v) is 6.77. The molecule has 1 aromatic heterocycles. The first kappa shape index (κ1) is 16.2. The highest BCUT2D eigenvalue weighted by atomic mass is 19.1. The number of carbonyl (C=O) groups excluding carboxylic acids is 1. The molecule has 3 nitrogen and oxygen atoms in total. The Morgan fingerprint density at radius 1 is 1.08 bits per heavy atom.